The van der Waals surface area contributed by atoms with E-state index in [0.717, 1.165) is 5.56 Å². The SMILES string of the molecule is COC(=O)c1ccc(C(=O)NCc2cccnc2)nc1. The zero-order valence-electron chi connectivity index (χ0n) is 10.9. The number of nitrogens with one attached hydrogen (secondary N) is 1. The van der Waals surface area contributed by atoms with E-state index in [9.17, 15) is 9.59 Å². The van der Waals surface area contributed by atoms with Gasteiger partial charge >= 0.3 is 5.97 Å². The van der Waals surface area contributed by atoms with Crippen LogP contribution in [0.5, 0.6) is 0 Å². The summed E-state index contributed by atoms with van der Waals surface area (Å²) in [5.41, 5.74) is 1.44. The van der Waals surface area contributed by atoms with E-state index in [4.69, 9.17) is 0 Å². The standard InChI is InChI=1S/C14H13N3O3/c1-20-14(19)11-4-5-12(16-9-11)13(18)17-8-10-3-2-6-15-7-10/h2-7,9H,8H2,1H3,(H,17,18). The molecule has 0 bridgehead atoms. The molecule has 2 heterocycles. The first kappa shape index (κ1) is 13.7. The summed E-state index contributed by atoms with van der Waals surface area (Å²) in [5.74, 6) is -0.801. The minimum atomic E-state index is -0.486. The highest BCUT2D eigenvalue weighted by atomic mass is 16.5. The maximum absolute atomic E-state index is 11.9. The largest absolute Gasteiger partial charge is 0.465 e. The first-order valence-electron chi connectivity index (χ1n) is 5.92. The van der Waals surface area contributed by atoms with Gasteiger partial charge in [-0.3, -0.25) is 14.8 Å². The number of rotatable bonds is 4. The molecule has 0 aromatic carbocycles. The first-order chi connectivity index (χ1) is 9.70. The fourth-order valence-electron chi connectivity index (χ4n) is 1.54. The monoisotopic (exact) mass is 271 g/mol. The fourth-order valence-corrected chi connectivity index (χ4v) is 1.54. The van der Waals surface area contributed by atoms with Crippen molar-refractivity contribution in [1.29, 1.82) is 0 Å². The number of hydrogen-bond acceptors (Lipinski definition) is 5. The van der Waals surface area contributed by atoms with E-state index < -0.39 is 5.97 Å². The Hall–Kier alpha value is -2.76. The topological polar surface area (TPSA) is 81.2 Å². The molecule has 6 heteroatoms. The maximum atomic E-state index is 11.9. The number of carbonyl (C=O) groups is 2. The molecular formula is C14H13N3O3. The van der Waals surface area contributed by atoms with Crippen molar-refractivity contribution < 1.29 is 14.3 Å². The summed E-state index contributed by atoms with van der Waals surface area (Å²) in [7, 11) is 1.29. The molecular weight excluding hydrogens is 258 g/mol. The normalized spacial score (nSPS) is 9.85. The van der Waals surface area contributed by atoms with Crippen LogP contribution in [0, 0.1) is 0 Å². The van der Waals surface area contributed by atoms with Gasteiger partial charge in [0.1, 0.15) is 5.69 Å². The van der Waals surface area contributed by atoms with Gasteiger partial charge in [0.05, 0.1) is 12.7 Å². The van der Waals surface area contributed by atoms with Crippen LogP contribution in [0.2, 0.25) is 0 Å². The van der Waals surface area contributed by atoms with E-state index in [1.54, 1.807) is 18.5 Å². The van der Waals surface area contributed by atoms with Gasteiger partial charge in [0.15, 0.2) is 0 Å². The summed E-state index contributed by atoms with van der Waals surface area (Å²) >= 11 is 0. The number of amides is 1. The van der Waals surface area contributed by atoms with Gasteiger partial charge in [0, 0.05) is 25.1 Å². The van der Waals surface area contributed by atoms with E-state index in [1.807, 2.05) is 6.07 Å². The van der Waals surface area contributed by atoms with E-state index in [0.29, 0.717) is 12.1 Å². The van der Waals surface area contributed by atoms with Crippen molar-refractivity contribution in [3.8, 4) is 0 Å². The molecule has 1 N–H and O–H groups in total. The molecule has 20 heavy (non-hydrogen) atoms. The molecule has 0 atom stereocenters. The van der Waals surface area contributed by atoms with Gasteiger partial charge in [-0.25, -0.2) is 4.79 Å². The van der Waals surface area contributed by atoms with Crippen LogP contribution in [0.4, 0.5) is 0 Å². The average molecular weight is 271 g/mol. The predicted molar refractivity (Wildman–Crippen MR) is 71.0 cm³/mol. The van der Waals surface area contributed by atoms with E-state index >= 15 is 0 Å². The number of aromatic nitrogens is 2. The summed E-state index contributed by atoms with van der Waals surface area (Å²) in [6.07, 6.45) is 4.65. The highest BCUT2D eigenvalue weighted by Gasteiger charge is 2.10. The third kappa shape index (κ3) is 3.38. The molecule has 1 amide bonds. The van der Waals surface area contributed by atoms with Gasteiger partial charge in [0.2, 0.25) is 0 Å². The fraction of sp³-hybridized carbons (Fsp3) is 0.143. The Morgan fingerprint density at radius 1 is 1.25 bits per heavy atom. The Morgan fingerprint density at radius 3 is 2.70 bits per heavy atom. The van der Waals surface area contributed by atoms with E-state index in [2.05, 4.69) is 20.0 Å². The van der Waals surface area contributed by atoms with Crippen molar-refractivity contribution in [2.45, 2.75) is 6.54 Å². The van der Waals surface area contributed by atoms with Crippen molar-refractivity contribution in [2.24, 2.45) is 0 Å². The summed E-state index contributed by atoms with van der Waals surface area (Å²) in [4.78, 5) is 31.0. The van der Waals surface area contributed by atoms with Crippen LogP contribution in [0.1, 0.15) is 26.4 Å². The van der Waals surface area contributed by atoms with E-state index in [-0.39, 0.29) is 11.6 Å². The van der Waals surface area contributed by atoms with Crippen molar-refractivity contribution >= 4 is 11.9 Å². The lowest BCUT2D eigenvalue weighted by Gasteiger charge is -2.05. The summed E-state index contributed by atoms with van der Waals surface area (Å²) in [6.45, 7) is 0.368. The van der Waals surface area contributed by atoms with Crippen LogP contribution in [-0.2, 0) is 11.3 Å². The minimum absolute atomic E-state index is 0.238. The highest BCUT2D eigenvalue weighted by molar-refractivity contribution is 5.94. The van der Waals surface area contributed by atoms with Gasteiger partial charge in [-0.2, -0.15) is 0 Å². The molecule has 0 saturated heterocycles. The van der Waals surface area contributed by atoms with Gasteiger partial charge in [-0.15, -0.1) is 0 Å². The second kappa shape index (κ2) is 6.42. The van der Waals surface area contributed by atoms with Gasteiger partial charge in [-0.05, 0) is 23.8 Å². The predicted octanol–water partition coefficient (Wildman–Crippen LogP) is 1.19. The lowest BCUT2D eigenvalue weighted by Crippen LogP contribution is -2.24. The van der Waals surface area contributed by atoms with Crippen LogP contribution in [0.15, 0.2) is 42.9 Å². The van der Waals surface area contributed by atoms with Crippen LogP contribution in [-0.4, -0.2) is 29.0 Å². The molecule has 0 fully saturated rings. The molecule has 2 aromatic heterocycles. The third-order valence-corrected chi connectivity index (χ3v) is 2.59. The second-order valence-electron chi connectivity index (χ2n) is 3.97. The quantitative estimate of drug-likeness (QED) is 0.845. The molecule has 0 aliphatic rings. The number of hydrogen-bond donors (Lipinski definition) is 1. The van der Waals surface area contributed by atoms with E-state index in [1.165, 1.54) is 25.4 Å². The third-order valence-electron chi connectivity index (χ3n) is 2.59. The smallest absolute Gasteiger partial charge is 0.339 e. The second-order valence-corrected chi connectivity index (χ2v) is 3.97. The molecule has 0 saturated carbocycles. The highest BCUT2D eigenvalue weighted by Crippen LogP contribution is 2.03. The van der Waals surface area contributed by atoms with Gasteiger partial charge in [-0.1, -0.05) is 6.07 Å². The van der Waals surface area contributed by atoms with Crippen molar-refractivity contribution in [2.75, 3.05) is 7.11 Å². The van der Waals surface area contributed by atoms with Crippen LogP contribution in [0.3, 0.4) is 0 Å². The molecule has 0 spiro atoms. The summed E-state index contributed by atoms with van der Waals surface area (Å²) in [6, 6.07) is 6.63. The van der Waals surface area contributed by atoms with Crippen molar-refractivity contribution in [3.63, 3.8) is 0 Å². The van der Waals surface area contributed by atoms with Gasteiger partial charge in [0.25, 0.3) is 5.91 Å². The Kier molecular flexibility index (Phi) is 4.39. The van der Waals surface area contributed by atoms with Crippen molar-refractivity contribution in [3.05, 3.63) is 59.7 Å². The lowest BCUT2D eigenvalue weighted by atomic mass is 10.2. The van der Waals surface area contributed by atoms with Crippen LogP contribution < -0.4 is 5.32 Å². The maximum Gasteiger partial charge on any atom is 0.339 e. The zero-order valence-corrected chi connectivity index (χ0v) is 10.9. The Morgan fingerprint density at radius 2 is 2.10 bits per heavy atom. The Balaban J connectivity index is 1.97. The van der Waals surface area contributed by atoms with Crippen molar-refractivity contribution in [1.82, 2.24) is 15.3 Å². The number of nitrogens with zero attached hydrogens (tertiary/aromatic N) is 2. The van der Waals surface area contributed by atoms with Crippen LogP contribution in [0.25, 0.3) is 0 Å². The van der Waals surface area contributed by atoms with Crippen LogP contribution >= 0.6 is 0 Å². The first-order valence-corrected chi connectivity index (χ1v) is 5.92. The molecule has 0 unspecified atom stereocenters. The average Bonchev–Trinajstić information content (AvgIpc) is 2.53. The summed E-state index contributed by atoms with van der Waals surface area (Å²) < 4.78 is 4.56. The Bertz CT molecular complexity index is 597. The number of ether oxygens (including phenoxy) is 1. The molecule has 6 nitrogen and oxygen atoms in total. The summed E-state index contributed by atoms with van der Waals surface area (Å²) in [5, 5.41) is 2.72. The van der Waals surface area contributed by atoms with Gasteiger partial charge < -0.3 is 10.1 Å². The lowest BCUT2D eigenvalue weighted by molar-refractivity contribution is 0.0599. The minimum Gasteiger partial charge on any atom is -0.465 e. The molecule has 2 rings (SSSR count). The zero-order chi connectivity index (χ0) is 14.4. The molecule has 0 aliphatic carbocycles. The number of esters is 1. The number of carbonyl (C=O) groups excluding carboxylic acids is 2. The number of methoxy groups -OCH3 is 1. The number of pyridine rings is 2. The molecule has 0 aliphatic heterocycles. The molecule has 2 aromatic rings. The molecule has 0 radical (unpaired) electrons. The Labute approximate surface area is 115 Å². The molecule has 102 valence electrons.